The zero-order valence-electron chi connectivity index (χ0n) is 18.3. The summed E-state index contributed by atoms with van der Waals surface area (Å²) in [5.74, 6) is 1.74. The maximum absolute atomic E-state index is 8.36. The van der Waals surface area contributed by atoms with Gasteiger partial charge in [-0.2, -0.15) is 4.98 Å². The number of fused-ring (bicyclic) bond motifs is 1. The summed E-state index contributed by atoms with van der Waals surface area (Å²) in [5, 5.41) is 17.3. The monoisotopic (exact) mass is 445 g/mol. The fourth-order valence-electron chi connectivity index (χ4n) is 3.62. The molecular formula is C22H31N5O5. The first kappa shape index (κ1) is 24.9. The molecule has 2 aromatic rings. The number of benzene rings is 1. The van der Waals surface area contributed by atoms with E-state index in [1.54, 1.807) is 0 Å². The molecule has 3 heterocycles. The molecular weight excluding hydrogens is 414 g/mol. The second kappa shape index (κ2) is 13.8. The minimum absolute atomic E-state index is 0.250. The Kier molecular flexibility index (Phi) is 10.7. The quantitative estimate of drug-likeness (QED) is 0.566. The number of hydrogen-bond acceptors (Lipinski definition) is 8. The SMILES string of the molecule is CCc1cc(NCCN2CCc3ccccc32)nc(N2CCOCC2)n1.O=CO.O=CO. The predicted octanol–water partition coefficient (Wildman–Crippen LogP) is 1.75. The van der Waals surface area contributed by atoms with Crippen LogP contribution >= 0.6 is 0 Å². The third-order valence-electron chi connectivity index (χ3n) is 5.09. The standard InChI is InChI=1S/C20H27N5O.2CH2O2/c1-2-17-15-19(23-20(22-17)25-11-13-26-14-12-25)21-8-10-24-9-7-16-5-3-4-6-18(16)24;2*2-1-3/h3-6,15H,2,7-14H2,1H3,(H,21,22,23);2*1H,(H,2,3). The van der Waals surface area contributed by atoms with Gasteiger partial charge in [-0.05, 0) is 24.5 Å². The zero-order valence-corrected chi connectivity index (χ0v) is 18.3. The highest BCUT2D eigenvalue weighted by molar-refractivity contribution is 5.58. The van der Waals surface area contributed by atoms with Gasteiger partial charge in [0.25, 0.3) is 12.9 Å². The molecule has 10 heteroatoms. The molecule has 0 unspecified atom stereocenters. The number of nitrogens with zero attached hydrogens (tertiary/aromatic N) is 4. The molecule has 0 atom stereocenters. The van der Waals surface area contributed by atoms with Crippen LogP contribution in [0.5, 0.6) is 0 Å². The summed E-state index contributed by atoms with van der Waals surface area (Å²) < 4.78 is 5.44. The van der Waals surface area contributed by atoms with Crippen molar-refractivity contribution in [3.63, 3.8) is 0 Å². The molecule has 0 spiro atoms. The van der Waals surface area contributed by atoms with Crippen molar-refractivity contribution < 1.29 is 24.5 Å². The van der Waals surface area contributed by atoms with Gasteiger partial charge in [0.15, 0.2) is 0 Å². The number of aryl methyl sites for hydroxylation is 1. The van der Waals surface area contributed by atoms with Gasteiger partial charge in [-0.15, -0.1) is 0 Å². The Morgan fingerprint density at radius 2 is 1.78 bits per heavy atom. The van der Waals surface area contributed by atoms with Gasteiger partial charge in [0, 0.05) is 50.2 Å². The number of carboxylic acid groups (broad SMARTS) is 2. The zero-order chi connectivity index (χ0) is 23.2. The number of rotatable bonds is 6. The van der Waals surface area contributed by atoms with Gasteiger partial charge in [-0.1, -0.05) is 25.1 Å². The molecule has 4 rings (SSSR count). The smallest absolute Gasteiger partial charge is 0.290 e. The van der Waals surface area contributed by atoms with Crippen molar-refractivity contribution in [1.82, 2.24) is 9.97 Å². The molecule has 0 radical (unpaired) electrons. The van der Waals surface area contributed by atoms with Crippen LogP contribution in [0.1, 0.15) is 18.2 Å². The Labute approximate surface area is 187 Å². The maximum atomic E-state index is 8.36. The summed E-state index contributed by atoms with van der Waals surface area (Å²) in [4.78, 5) is 30.8. The first-order valence-corrected chi connectivity index (χ1v) is 10.6. The number of anilines is 3. The molecule has 0 saturated carbocycles. The number of aromatic nitrogens is 2. The van der Waals surface area contributed by atoms with Gasteiger partial charge >= 0.3 is 0 Å². The summed E-state index contributed by atoms with van der Waals surface area (Å²) in [6.07, 6.45) is 2.05. The minimum atomic E-state index is -0.250. The average molecular weight is 446 g/mol. The van der Waals surface area contributed by atoms with Crippen molar-refractivity contribution >= 4 is 30.4 Å². The molecule has 174 valence electrons. The van der Waals surface area contributed by atoms with Crippen molar-refractivity contribution in [3.05, 3.63) is 41.6 Å². The van der Waals surface area contributed by atoms with Crippen LogP contribution in [0.3, 0.4) is 0 Å². The number of nitrogens with one attached hydrogen (secondary N) is 1. The van der Waals surface area contributed by atoms with Crippen LogP contribution in [-0.4, -0.2) is 79.1 Å². The van der Waals surface area contributed by atoms with Crippen molar-refractivity contribution in [2.24, 2.45) is 0 Å². The Balaban J connectivity index is 0.000000547. The normalized spacial score (nSPS) is 14.3. The van der Waals surface area contributed by atoms with Crippen LogP contribution in [0.4, 0.5) is 17.5 Å². The summed E-state index contributed by atoms with van der Waals surface area (Å²) in [6, 6.07) is 10.8. The predicted molar refractivity (Wildman–Crippen MR) is 123 cm³/mol. The largest absolute Gasteiger partial charge is 0.483 e. The Bertz CT molecular complexity index is 839. The highest BCUT2D eigenvalue weighted by atomic mass is 16.5. The molecule has 1 saturated heterocycles. The van der Waals surface area contributed by atoms with Crippen LogP contribution in [0, 0.1) is 0 Å². The van der Waals surface area contributed by atoms with Gasteiger partial charge in [-0.25, -0.2) is 4.98 Å². The van der Waals surface area contributed by atoms with Gasteiger partial charge in [-0.3, -0.25) is 9.59 Å². The molecule has 32 heavy (non-hydrogen) atoms. The molecule has 10 nitrogen and oxygen atoms in total. The van der Waals surface area contributed by atoms with Crippen molar-refractivity contribution in [1.29, 1.82) is 0 Å². The molecule has 2 aliphatic heterocycles. The van der Waals surface area contributed by atoms with Crippen molar-refractivity contribution in [2.45, 2.75) is 19.8 Å². The Morgan fingerprint density at radius 1 is 1.09 bits per heavy atom. The summed E-state index contributed by atoms with van der Waals surface area (Å²) in [7, 11) is 0. The summed E-state index contributed by atoms with van der Waals surface area (Å²) in [6.45, 7) is 7.80. The fraction of sp³-hybridized carbons (Fsp3) is 0.455. The van der Waals surface area contributed by atoms with Crippen molar-refractivity contribution in [2.75, 3.05) is 61.1 Å². The van der Waals surface area contributed by atoms with Crippen LogP contribution < -0.4 is 15.1 Å². The number of ether oxygens (including phenoxy) is 1. The molecule has 0 bridgehead atoms. The lowest BCUT2D eigenvalue weighted by molar-refractivity contribution is -0.123. The van der Waals surface area contributed by atoms with Gasteiger partial charge in [0.05, 0.1) is 13.2 Å². The van der Waals surface area contributed by atoms with Gasteiger partial charge in [0.1, 0.15) is 5.82 Å². The minimum Gasteiger partial charge on any atom is -0.483 e. The lowest BCUT2D eigenvalue weighted by Gasteiger charge is -2.27. The molecule has 3 N–H and O–H groups in total. The van der Waals surface area contributed by atoms with Gasteiger partial charge in [0.2, 0.25) is 5.95 Å². The van der Waals surface area contributed by atoms with Crippen LogP contribution in [0.25, 0.3) is 0 Å². The first-order valence-electron chi connectivity index (χ1n) is 10.6. The van der Waals surface area contributed by atoms with E-state index in [-0.39, 0.29) is 12.9 Å². The lowest BCUT2D eigenvalue weighted by atomic mass is 10.2. The van der Waals surface area contributed by atoms with Crippen molar-refractivity contribution in [3.8, 4) is 0 Å². The van der Waals surface area contributed by atoms with E-state index in [1.807, 2.05) is 0 Å². The van der Waals surface area contributed by atoms with E-state index in [9.17, 15) is 0 Å². The highest BCUT2D eigenvalue weighted by Crippen LogP contribution is 2.26. The third kappa shape index (κ3) is 7.38. The Hall–Kier alpha value is -3.40. The van der Waals surface area contributed by atoms with E-state index >= 15 is 0 Å². The van der Waals surface area contributed by atoms with E-state index in [2.05, 4.69) is 52.4 Å². The Morgan fingerprint density at radius 3 is 2.47 bits per heavy atom. The van der Waals surface area contributed by atoms with Crippen LogP contribution in [0.2, 0.25) is 0 Å². The highest BCUT2D eigenvalue weighted by Gasteiger charge is 2.18. The molecule has 0 aliphatic carbocycles. The fourth-order valence-corrected chi connectivity index (χ4v) is 3.62. The second-order valence-corrected chi connectivity index (χ2v) is 7.00. The maximum Gasteiger partial charge on any atom is 0.290 e. The summed E-state index contributed by atoms with van der Waals surface area (Å²) in [5.41, 5.74) is 3.91. The van der Waals surface area contributed by atoms with Crippen LogP contribution in [-0.2, 0) is 27.2 Å². The van der Waals surface area contributed by atoms with E-state index in [1.165, 1.54) is 11.3 Å². The van der Waals surface area contributed by atoms with E-state index in [4.69, 9.17) is 34.5 Å². The molecule has 1 aromatic heterocycles. The molecule has 2 aliphatic rings. The number of para-hydroxylation sites is 1. The van der Waals surface area contributed by atoms with E-state index in [0.29, 0.717) is 0 Å². The summed E-state index contributed by atoms with van der Waals surface area (Å²) >= 11 is 0. The van der Waals surface area contributed by atoms with Gasteiger partial charge < -0.3 is 30.1 Å². The first-order chi connectivity index (χ1) is 15.7. The molecule has 1 aromatic carbocycles. The molecule has 1 fully saturated rings. The third-order valence-corrected chi connectivity index (χ3v) is 5.09. The van der Waals surface area contributed by atoms with E-state index < -0.39 is 0 Å². The molecule has 0 amide bonds. The second-order valence-electron chi connectivity index (χ2n) is 7.00. The van der Waals surface area contributed by atoms with E-state index in [0.717, 1.165) is 76.2 Å². The number of hydrogen-bond donors (Lipinski definition) is 3. The van der Waals surface area contributed by atoms with Crippen LogP contribution in [0.15, 0.2) is 30.3 Å². The number of morpholine rings is 1. The average Bonchev–Trinajstić information content (AvgIpc) is 3.24. The topological polar surface area (TPSA) is 128 Å². The number of carbonyl (C=O) groups is 2. The lowest BCUT2D eigenvalue weighted by Crippen LogP contribution is -2.37.